The van der Waals surface area contributed by atoms with Crippen molar-refractivity contribution in [2.45, 2.75) is 37.9 Å². The molecule has 1 saturated heterocycles. The van der Waals surface area contributed by atoms with Gasteiger partial charge in [-0.05, 0) is 6.92 Å². The van der Waals surface area contributed by atoms with Crippen molar-refractivity contribution in [1.82, 2.24) is 14.8 Å². The average molecular weight is 273 g/mol. The van der Waals surface area contributed by atoms with E-state index in [9.17, 15) is 19.8 Å². The van der Waals surface area contributed by atoms with Crippen LogP contribution in [0.5, 0.6) is 0 Å². The number of aryl methyl sites for hydroxylation is 1. The summed E-state index contributed by atoms with van der Waals surface area (Å²) in [6.07, 6.45) is -4.44. The molecule has 0 aliphatic carbocycles. The minimum Gasteiger partial charge on any atom is -0.394 e. The Morgan fingerprint density at radius 2 is 2.16 bits per heavy atom. The first-order chi connectivity index (χ1) is 8.93. The number of ether oxygens (including phenoxy) is 1. The van der Waals surface area contributed by atoms with Crippen molar-refractivity contribution in [3.63, 3.8) is 0 Å². The summed E-state index contributed by atoms with van der Waals surface area (Å²) in [6.45, 7) is 0.915. The minimum atomic E-state index is -1.24. The van der Waals surface area contributed by atoms with E-state index in [1.54, 1.807) is 0 Å². The lowest BCUT2D eigenvalue weighted by molar-refractivity contribution is -0.205. The van der Waals surface area contributed by atoms with Gasteiger partial charge in [0.15, 0.2) is 6.23 Å². The van der Waals surface area contributed by atoms with Crippen LogP contribution < -0.4 is 11.2 Å². The Hall–Kier alpha value is -1.55. The number of hydrogen-bond acceptors (Lipinski definition) is 7. The second kappa shape index (κ2) is 5.21. The van der Waals surface area contributed by atoms with Gasteiger partial charge in [-0.15, -0.1) is 0 Å². The van der Waals surface area contributed by atoms with Crippen LogP contribution in [-0.2, 0) is 4.74 Å². The Morgan fingerprint density at radius 3 is 2.79 bits per heavy atom. The zero-order valence-electron chi connectivity index (χ0n) is 10.2. The van der Waals surface area contributed by atoms with Crippen LogP contribution in [0.25, 0.3) is 0 Å². The van der Waals surface area contributed by atoms with E-state index in [2.05, 4.69) is 10.1 Å². The lowest BCUT2D eigenvalue weighted by Gasteiger charge is -2.36. The maximum absolute atomic E-state index is 11.6. The summed E-state index contributed by atoms with van der Waals surface area (Å²) in [5, 5.41) is 32.1. The molecule has 1 aliphatic rings. The molecule has 106 valence electrons. The number of H-pyrrole nitrogens is 1. The number of aromatic nitrogens is 3. The number of nitrogens with zero attached hydrogens (tertiary/aromatic N) is 2. The molecule has 4 atom stereocenters. The molecule has 1 aliphatic heterocycles. The number of aliphatic hydroxyl groups excluding tert-OH is 3. The second-order valence-electron chi connectivity index (χ2n) is 4.39. The van der Waals surface area contributed by atoms with Crippen molar-refractivity contribution in [2.24, 2.45) is 0 Å². The van der Waals surface area contributed by atoms with E-state index < -0.39 is 42.4 Å². The third-order valence-corrected chi connectivity index (χ3v) is 3.02. The van der Waals surface area contributed by atoms with Gasteiger partial charge in [0.05, 0.1) is 12.7 Å². The predicted octanol–water partition coefficient (Wildman–Crippen LogP) is -2.76. The summed E-state index contributed by atoms with van der Waals surface area (Å²) < 4.78 is 6.18. The van der Waals surface area contributed by atoms with E-state index in [4.69, 9.17) is 9.84 Å². The summed E-state index contributed by atoms with van der Waals surface area (Å²) >= 11 is 0. The van der Waals surface area contributed by atoms with Crippen molar-refractivity contribution >= 4 is 0 Å². The third-order valence-electron chi connectivity index (χ3n) is 3.02. The van der Waals surface area contributed by atoms with Crippen molar-refractivity contribution in [3.05, 3.63) is 26.5 Å². The highest BCUT2D eigenvalue weighted by atomic mass is 16.5. The lowest BCUT2D eigenvalue weighted by Crippen LogP contribution is -2.50. The van der Waals surface area contributed by atoms with Gasteiger partial charge in [0, 0.05) is 6.42 Å². The molecule has 0 amide bonds. The zero-order chi connectivity index (χ0) is 14.2. The Kier molecular flexibility index (Phi) is 3.80. The highest BCUT2D eigenvalue weighted by molar-refractivity contribution is 4.90. The van der Waals surface area contributed by atoms with E-state index in [0.717, 1.165) is 4.68 Å². The molecule has 1 aromatic heterocycles. The Bertz CT molecular complexity index is 567. The smallest absolute Gasteiger partial charge is 0.347 e. The molecule has 1 aromatic rings. The van der Waals surface area contributed by atoms with Crippen LogP contribution in [0.2, 0.25) is 0 Å². The van der Waals surface area contributed by atoms with Crippen LogP contribution in [0, 0.1) is 6.92 Å². The van der Waals surface area contributed by atoms with Crippen molar-refractivity contribution in [1.29, 1.82) is 0 Å². The van der Waals surface area contributed by atoms with Gasteiger partial charge in [0.25, 0.3) is 5.56 Å². The molecule has 2 heterocycles. The fourth-order valence-corrected chi connectivity index (χ4v) is 1.93. The van der Waals surface area contributed by atoms with E-state index in [0.29, 0.717) is 0 Å². The van der Waals surface area contributed by atoms with Gasteiger partial charge in [0.2, 0.25) is 0 Å². The van der Waals surface area contributed by atoms with Gasteiger partial charge in [-0.3, -0.25) is 9.78 Å². The van der Waals surface area contributed by atoms with Gasteiger partial charge < -0.3 is 20.1 Å². The van der Waals surface area contributed by atoms with E-state index in [1.807, 2.05) is 0 Å². The highest BCUT2D eigenvalue weighted by Gasteiger charge is 2.38. The number of aromatic amines is 1. The summed E-state index contributed by atoms with van der Waals surface area (Å²) in [7, 11) is 0. The molecule has 9 heteroatoms. The molecule has 0 saturated carbocycles. The van der Waals surface area contributed by atoms with Crippen molar-refractivity contribution < 1.29 is 20.1 Å². The molecular weight excluding hydrogens is 258 g/mol. The molecular formula is C10H15N3O6. The lowest BCUT2D eigenvalue weighted by atomic mass is 10.0. The van der Waals surface area contributed by atoms with E-state index in [-0.39, 0.29) is 12.1 Å². The normalized spacial score (nSPS) is 31.4. The van der Waals surface area contributed by atoms with Gasteiger partial charge in [-0.25, -0.2) is 4.79 Å². The number of nitrogens with one attached hydrogen (secondary N) is 1. The van der Waals surface area contributed by atoms with Gasteiger partial charge in [-0.2, -0.15) is 9.78 Å². The molecule has 0 radical (unpaired) electrons. The number of hydrogen-bond donors (Lipinski definition) is 4. The Labute approximate surface area is 107 Å². The van der Waals surface area contributed by atoms with Crippen LogP contribution in [0.1, 0.15) is 18.3 Å². The fourth-order valence-electron chi connectivity index (χ4n) is 1.93. The minimum absolute atomic E-state index is 0.0734. The Balaban J connectivity index is 2.35. The number of aliphatic hydroxyl groups is 3. The monoisotopic (exact) mass is 273 g/mol. The molecule has 0 aromatic carbocycles. The predicted molar refractivity (Wildman–Crippen MR) is 61.5 cm³/mol. The Morgan fingerprint density at radius 1 is 1.47 bits per heavy atom. The molecule has 0 bridgehead atoms. The van der Waals surface area contributed by atoms with Crippen LogP contribution in [0.15, 0.2) is 9.59 Å². The first-order valence-corrected chi connectivity index (χ1v) is 5.76. The second-order valence-corrected chi connectivity index (χ2v) is 4.39. The van der Waals surface area contributed by atoms with E-state index >= 15 is 0 Å². The molecule has 1 fully saturated rings. The topological polar surface area (TPSA) is 138 Å². The van der Waals surface area contributed by atoms with Crippen molar-refractivity contribution in [3.8, 4) is 0 Å². The summed E-state index contributed by atoms with van der Waals surface area (Å²) in [5.41, 5.74) is -1.30. The molecule has 0 unspecified atom stereocenters. The molecule has 9 nitrogen and oxygen atoms in total. The highest BCUT2D eigenvalue weighted by Crippen LogP contribution is 2.25. The van der Waals surface area contributed by atoms with Crippen LogP contribution in [-0.4, -0.2) is 55.0 Å². The maximum atomic E-state index is 11.6. The van der Waals surface area contributed by atoms with Crippen LogP contribution in [0.4, 0.5) is 0 Å². The van der Waals surface area contributed by atoms with Crippen LogP contribution in [0.3, 0.4) is 0 Å². The quantitative estimate of drug-likeness (QED) is 0.458. The summed E-state index contributed by atoms with van der Waals surface area (Å²) in [5.74, 6) is 0. The zero-order valence-corrected chi connectivity index (χ0v) is 10.2. The molecule has 2 rings (SSSR count). The first kappa shape index (κ1) is 13.9. The number of rotatable bonds is 2. The molecule has 19 heavy (non-hydrogen) atoms. The maximum Gasteiger partial charge on any atom is 0.347 e. The summed E-state index contributed by atoms with van der Waals surface area (Å²) in [6, 6.07) is 0. The standard InChI is InChI=1S/C10H15N3O6/c1-4-9(17)11-10(18)13(12-4)7-2-5(15)8(16)6(3-14)19-7/h5-8,14-16H,2-3H2,1H3,(H,11,17,18)/t5-,6+,7-,8+/m1/s1. The van der Waals surface area contributed by atoms with E-state index in [1.165, 1.54) is 6.92 Å². The fraction of sp³-hybridized carbons (Fsp3) is 0.700. The molecule has 0 spiro atoms. The SMILES string of the molecule is Cc1nn([C@H]2C[C@@H](O)[C@H](O)[C@H](CO)O2)c(=O)[nH]c1=O. The van der Waals surface area contributed by atoms with Crippen LogP contribution >= 0.6 is 0 Å². The van der Waals surface area contributed by atoms with Gasteiger partial charge in [-0.1, -0.05) is 0 Å². The van der Waals surface area contributed by atoms with Gasteiger partial charge in [0.1, 0.15) is 17.9 Å². The van der Waals surface area contributed by atoms with Gasteiger partial charge >= 0.3 is 5.69 Å². The first-order valence-electron chi connectivity index (χ1n) is 5.76. The largest absolute Gasteiger partial charge is 0.394 e. The molecule has 4 N–H and O–H groups in total. The summed E-state index contributed by atoms with van der Waals surface area (Å²) in [4.78, 5) is 24.9. The van der Waals surface area contributed by atoms with Crippen molar-refractivity contribution in [2.75, 3.05) is 6.61 Å². The third kappa shape index (κ3) is 2.59. The average Bonchev–Trinajstić information content (AvgIpc) is 2.37.